The molecule has 5 heteroatoms. The minimum absolute atomic E-state index is 0.140. The van der Waals surface area contributed by atoms with Crippen molar-refractivity contribution in [1.82, 2.24) is 15.6 Å². The summed E-state index contributed by atoms with van der Waals surface area (Å²) in [6.07, 6.45) is 3.35. The molecular weight excluding hydrogens is 197 g/mol. The van der Waals surface area contributed by atoms with Gasteiger partial charge >= 0.3 is 0 Å². The zero-order valence-corrected chi connectivity index (χ0v) is 8.16. The Morgan fingerprint density at radius 2 is 2.47 bits per heavy atom. The van der Waals surface area contributed by atoms with Gasteiger partial charge in [0.05, 0.1) is 11.8 Å². The lowest BCUT2D eigenvalue weighted by Gasteiger charge is -2.10. The van der Waals surface area contributed by atoms with Crippen LogP contribution in [0, 0.1) is 5.82 Å². The highest BCUT2D eigenvalue weighted by Crippen LogP contribution is 2.03. The molecule has 0 spiro atoms. The fourth-order valence-electron chi connectivity index (χ4n) is 1.58. The summed E-state index contributed by atoms with van der Waals surface area (Å²) in [4.78, 5) is 15.2. The molecule has 1 saturated heterocycles. The molecule has 1 atom stereocenters. The number of nitrogens with zero attached hydrogens (tertiary/aromatic N) is 1. The highest BCUT2D eigenvalue weighted by molar-refractivity contribution is 5.94. The maximum Gasteiger partial charge on any atom is 0.253 e. The second-order valence-electron chi connectivity index (χ2n) is 3.56. The molecule has 4 nitrogen and oxygen atoms in total. The molecule has 0 radical (unpaired) electrons. The number of nitrogens with one attached hydrogen (secondary N) is 2. The van der Waals surface area contributed by atoms with Crippen LogP contribution in [0.15, 0.2) is 18.5 Å². The average molecular weight is 209 g/mol. The van der Waals surface area contributed by atoms with E-state index >= 15 is 0 Å². The Morgan fingerprint density at radius 3 is 3.13 bits per heavy atom. The van der Waals surface area contributed by atoms with Crippen molar-refractivity contribution in [3.05, 3.63) is 29.8 Å². The zero-order chi connectivity index (χ0) is 10.7. The standard InChI is InChI=1S/C10H12FN3O/c11-8-3-7(4-13-5-8)10(15)14-9-1-2-12-6-9/h3-5,9,12H,1-2,6H2,(H,14,15). The molecule has 2 heterocycles. The summed E-state index contributed by atoms with van der Waals surface area (Å²) in [5, 5.41) is 5.95. The average Bonchev–Trinajstić information content (AvgIpc) is 2.70. The predicted octanol–water partition coefficient (Wildman–Crippen LogP) is 0.312. The third-order valence-electron chi connectivity index (χ3n) is 2.36. The van der Waals surface area contributed by atoms with Crippen LogP contribution >= 0.6 is 0 Å². The van der Waals surface area contributed by atoms with E-state index < -0.39 is 5.82 Å². The second-order valence-corrected chi connectivity index (χ2v) is 3.56. The van der Waals surface area contributed by atoms with Crippen LogP contribution in [0.1, 0.15) is 16.8 Å². The van der Waals surface area contributed by atoms with Crippen LogP contribution in [0.25, 0.3) is 0 Å². The summed E-state index contributed by atoms with van der Waals surface area (Å²) >= 11 is 0. The van der Waals surface area contributed by atoms with Gasteiger partial charge in [0.2, 0.25) is 0 Å². The van der Waals surface area contributed by atoms with Gasteiger partial charge in [-0.15, -0.1) is 0 Å². The summed E-state index contributed by atoms with van der Waals surface area (Å²) in [6.45, 7) is 1.68. The first-order chi connectivity index (χ1) is 7.25. The van der Waals surface area contributed by atoms with Gasteiger partial charge < -0.3 is 10.6 Å². The number of rotatable bonds is 2. The van der Waals surface area contributed by atoms with Gasteiger partial charge in [-0.25, -0.2) is 4.39 Å². The van der Waals surface area contributed by atoms with Gasteiger partial charge in [-0.3, -0.25) is 9.78 Å². The molecule has 15 heavy (non-hydrogen) atoms. The molecule has 80 valence electrons. The lowest BCUT2D eigenvalue weighted by atomic mass is 10.2. The van der Waals surface area contributed by atoms with Gasteiger partial charge in [-0.1, -0.05) is 0 Å². The highest BCUT2D eigenvalue weighted by atomic mass is 19.1. The maximum absolute atomic E-state index is 12.8. The first-order valence-corrected chi connectivity index (χ1v) is 4.88. The Kier molecular flexibility index (Phi) is 2.91. The van der Waals surface area contributed by atoms with E-state index in [1.807, 2.05) is 0 Å². The van der Waals surface area contributed by atoms with Gasteiger partial charge in [-0.05, 0) is 19.0 Å². The van der Waals surface area contributed by atoms with Crippen LogP contribution in [0.3, 0.4) is 0 Å². The molecule has 1 aliphatic rings. The van der Waals surface area contributed by atoms with Crippen LogP contribution in [0.2, 0.25) is 0 Å². The summed E-state index contributed by atoms with van der Waals surface area (Å²) in [6, 6.07) is 1.32. The van der Waals surface area contributed by atoms with Crippen molar-refractivity contribution in [3.8, 4) is 0 Å². The van der Waals surface area contributed by atoms with Crippen molar-refractivity contribution >= 4 is 5.91 Å². The number of aromatic nitrogens is 1. The molecule has 0 bridgehead atoms. The van der Waals surface area contributed by atoms with E-state index in [1.165, 1.54) is 12.3 Å². The van der Waals surface area contributed by atoms with E-state index in [0.717, 1.165) is 25.7 Å². The van der Waals surface area contributed by atoms with Crippen molar-refractivity contribution in [2.75, 3.05) is 13.1 Å². The summed E-state index contributed by atoms with van der Waals surface area (Å²) in [5.74, 6) is -0.761. The molecule has 0 aromatic carbocycles. The van der Waals surface area contributed by atoms with E-state index in [2.05, 4.69) is 15.6 Å². The van der Waals surface area contributed by atoms with E-state index in [1.54, 1.807) is 0 Å². The number of carbonyl (C=O) groups is 1. The molecule has 1 unspecified atom stereocenters. The van der Waals surface area contributed by atoms with E-state index in [0.29, 0.717) is 0 Å². The summed E-state index contributed by atoms with van der Waals surface area (Å²) in [7, 11) is 0. The summed E-state index contributed by atoms with van der Waals surface area (Å²) in [5.41, 5.74) is 0.266. The summed E-state index contributed by atoms with van der Waals surface area (Å²) < 4.78 is 12.8. The molecule has 2 N–H and O–H groups in total. The molecule has 1 aromatic heterocycles. The van der Waals surface area contributed by atoms with E-state index in [9.17, 15) is 9.18 Å². The van der Waals surface area contributed by atoms with E-state index in [-0.39, 0.29) is 17.5 Å². The molecule has 2 rings (SSSR count). The molecule has 0 aliphatic carbocycles. The minimum Gasteiger partial charge on any atom is -0.348 e. The normalized spacial score (nSPS) is 20.2. The molecule has 1 fully saturated rings. The van der Waals surface area contributed by atoms with Crippen molar-refractivity contribution in [2.24, 2.45) is 0 Å². The second kappa shape index (κ2) is 4.35. The van der Waals surface area contributed by atoms with Gasteiger partial charge in [0.25, 0.3) is 5.91 Å². The number of carbonyl (C=O) groups excluding carboxylic acids is 1. The Morgan fingerprint density at radius 1 is 1.60 bits per heavy atom. The Balaban J connectivity index is 2.01. The Bertz CT molecular complexity index is 363. The van der Waals surface area contributed by atoms with Crippen LogP contribution in [-0.4, -0.2) is 30.0 Å². The molecule has 1 aliphatic heterocycles. The van der Waals surface area contributed by atoms with Crippen molar-refractivity contribution in [1.29, 1.82) is 0 Å². The number of pyridine rings is 1. The van der Waals surface area contributed by atoms with Gasteiger partial charge in [0, 0.05) is 18.8 Å². The van der Waals surface area contributed by atoms with Gasteiger partial charge in [0.1, 0.15) is 5.82 Å². The molecule has 0 saturated carbocycles. The third kappa shape index (κ3) is 2.50. The fraction of sp³-hybridized carbons (Fsp3) is 0.400. The van der Waals surface area contributed by atoms with Crippen LogP contribution < -0.4 is 10.6 Å². The van der Waals surface area contributed by atoms with Gasteiger partial charge in [-0.2, -0.15) is 0 Å². The fourth-order valence-corrected chi connectivity index (χ4v) is 1.58. The molecule has 1 aromatic rings. The zero-order valence-electron chi connectivity index (χ0n) is 8.16. The lowest BCUT2D eigenvalue weighted by molar-refractivity contribution is 0.0939. The molecular formula is C10H12FN3O. The number of halogens is 1. The van der Waals surface area contributed by atoms with E-state index in [4.69, 9.17) is 0 Å². The van der Waals surface area contributed by atoms with Crippen molar-refractivity contribution < 1.29 is 9.18 Å². The van der Waals surface area contributed by atoms with Crippen LogP contribution in [0.4, 0.5) is 4.39 Å². The largest absolute Gasteiger partial charge is 0.348 e. The topological polar surface area (TPSA) is 54.0 Å². The predicted molar refractivity (Wildman–Crippen MR) is 52.9 cm³/mol. The van der Waals surface area contributed by atoms with Crippen molar-refractivity contribution in [3.63, 3.8) is 0 Å². The number of amides is 1. The quantitative estimate of drug-likeness (QED) is 0.737. The third-order valence-corrected chi connectivity index (χ3v) is 2.36. The first kappa shape index (κ1) is 10.0. The van der Waals surface area contributed by atoms with Gasteiger partial charge in [0.15, 0.2) is 0 Å². The SMILES string of the molecule is O=C(NC1CCNC1)c1cncc(F)c1. The Hall–Kier alpha value is -1.49. The molecule has 1 amide bonds. The monoisotopic (exact) mass is 209 g/mol. The first-order valence-electron chi connectivity index (χ1n) is 4.88. The van der Waals surface area contributed by atoms with Crippen LogP contribution in [-0.2, 0) is 0 Å². The van der Waals surface area contributed by atoms with Crippen molar-refractivity contribution in [2.45, 2.75) is 12.5 Å². The number of hydrogen-bond acceptors (Lipinski definition) is 3. The lowest BCUT2D eigenvalue weighted by Crippen LogP contribution is -2.36. The highest BCUT2D eigenvalue weighted by Gasteiger charge is 2.17. The smallest absolute Gasteiger partial charge is 0.253 e. The Labute approximate surface area is 86.9 Å². The number of hydrogen-bond donors (Lipinski definition) is 2. The van der Waals surface area contributed by atoms with Crippen LogP contribution in [0.5, 0.6) is 0 Å². The minimum atomic E-state index is -0.493. The maximum atomic E-state index is 12.8.